The Morgan fingerprint density at radius 2 is 0.600 bits per heavy atom. The van der Waals surface area contributed by atoms with Gasteiger partial charge < -0.3 is 28.4 Å². The summed E-state index contributed by atoms with van der Waals surface area (Å²) in [5.74, 6) is -1.75. The molecule has 0 aromatic carbocycles. The highest BCUT2D eigenvalue weighted by Crippen LogP contribution is 2.26. The fourth-order valence-electron chi connectivity index (χ4n) is 2.89. The predicted molar refractivity (Wildman–Crippen MR) is 188 cm³/mol. The normalized spacial score (nSPS) is 10.9. The molecule has 0 saturated carbocycles. The van der Waals surface area contributed by atoms with Crippen LogP contribution in [0.4, 0.5) is 0 Å². The van der Waals surface area contributed by atoms with Crippen molar-refractivity contribution in [2.75, 3.05) is 74.2 Å². The topological polar surface area (TPSA) is 158 Å². The first-order chi connectivity index (χ1) is 21.3. The highest BCUT2D eigenvalue weighted by atomic mass is 32.1. The average Bonchev–Trinajstić information content (AvgIpc) is 3.04. The van der Waals surface area contributed by atoms with Gasteiger partial charge in [-0.25, -0.2) is 0 Å². The van der Waals surface area contributed by atoms with Gasteiger partial charge in [0.1, 0.15) is 39.6 Å². The molecule has 0 spiro atoms. The molecule has 0 aliphatic heterocycles. The van der Waals surface area contributed by atoms with E-state index in [1.54, 1.807) is 0 Å². The highest BCUT2D eigenvalue weighted by molar-refractivity contribution is 7.81. The van der Waals surface area contributed by atoms with Gasteiger partial charge in [0.2, 0.25) is 0 Å². The van der Waals surface area contributed by atoms with E-state index in [1.807, 2.05) is 13.8 Å². The van der Waals surface area contributed by atoms with Gasteiger partial charge in [-0.3, -0.25) is 28.8 Å². The minimum Gasteiger partial charge on any atom is -0.465 e. The first-order valence-corrected chi connectivity index (χ1v) is 17.7. The summed E-state index contributed by atoms with van der Waals surface area (Å²) < 4.78 is 30.8. The van der Waals surface area contributed by atoms with Crippen LogP contribution < -0.4 is 0 Å². The Labute approximate surface area is 298 Å². The molecule has 0 amide bonds. The zero-order valence-electron chi connectivity index (χ0n) is 25.6. The number of carbonyl (C=O) groups excluding carboxylic acids is 6. The van der Waals surface area contributed by atoms with E-state index in [4.69, 9.17) is 28.4 Å². The summed E-state index contributed by atoms with van der Waals surface area (Å²) in [6.07, 6.45) is 1.53. The van der Waals surface area contributed by atoms with Gasteiger partial charge in [0.25, 0.3) is 0 Å². The number of hydrogen-bond acceptors (Lipinski definition) is 18. The van der Waals surface area contributed by atoms with Crippen LogP contribution in [0.5, 0.6) is 0 Å². The van der Waals surface area contributed by atoms with Crippen molar-refractivity contribution in [1.82, 2.24) is 0 Å². The van der Waals surface area contributed by atoms with Crippen molar-refractivity contribution < 1.29 is 57.2 Å². The minimum absolute atomic E-state index is 0.00157. The zero-order chi connectivity index (χ0) is 34.7. The molecule has 0 fully saturated rings. The van der Waals surface area contributed by atoms with Crippen molar-refractivity contribution in [3.05, 3.63) is 0 Å². The minimum atomic E-state index is -0.796. The molecule has 0 bridgehead atoms. The fraction of sp³-hybridized carbons (Fsp3) is 0.778. The fourth-order valence-corrected chi connectivity index (χ4v) is 3.71. The maximum Gasteiger partial charge on any atom is 0.315 e. The van der Waals surface area contributed by atoms with Gasteiger partial charge in [-0.05, 0) is 12.8 Å². The zero-order valence-corrected chi connectivity index (χ0v) is 31.0. The van der Waals surface area contributed by atoms with Crippen molar-refractivity contribution in [3.63, 3.8) is 0 Å². The van der Waals surface area contributed by atoms with E-state index in [1.165, 1.54) is 0 Å². The largest absolute Gasteiger partial charge is 0.465 e. The summed E-state index contributed by atoms with van der Waals surface area (Å²) in [5.41, 5.74) is -1.57. The van der Waals surface area contributed by atoms with E-state index >= 15 is 0 Å². The van der Waals surface area contributed by atoms with Crippen LogP contribution in [0.2, 0.25) is 0 Å². The molecule has 0 N–H and O–H groups in total. The molecule has 0 radical (unpaired) electrons. The first kappa shape index (κ1) is 46.0. The quantitative estimate of drug-likeness (QED) is 0.0516. The molecule has 0 aromatic rings. The summed E-state index contributed by atoms with van der Waals surface area (Å²) in [6.45, 7) is 3.55. The van der Waals surface area contributed by atoms with Crippen molar-refractivity contribution in [2.45, 2.75) is 46.0 Å². The molecule has 0 heterocycles. The number of carbonyl (C=O) groups is 6. The Bertz CT molecular complexity index is 800. The molecule has 0 aliphatic carbocycles. The molecule has 18 heteroatoms. The maximum absolute atomic E-state index is 11.6. The second kappa shape index (κ2) is 28.0. The van der Waals surface area contributed by atoms with Crippen LogP contribution in [-0.2, 0) is 57.2 Å². The van der Waals surface area contributed by atoms with E-state index in [2.05, 4.69) is 75.8 Å². The molecular formula is C27H46O12S6. The monoisotopic (exact) mass is 754 g/mol. The third-order valence-corrected chi connectivity index (χ3v) is 7.52. The lowest BCUT2D eigenvalue weighted by Gasteiger charge is -2.31. The lowest BCUT2D eigenvalue weighted by Crippen LogP contribution is -2.39. The van der Waals surface area contributed by atoms with E-state index in [0.29, 0.717) is 30.1 Å². The number of thiol groups is 6. The molecule has 45 heavy (non-hydrogen) atoms. The molecule has 0 aliphatic rings. The van der Waals surface area contributed by atoms with Crippen LogP contribution in [0.3, 0.4) is 0 Å². The van der Waals surface area contributed by atoms with Gasteiger partial charge in [0.15, 0.2) is 0 Å². The van der Waals surface area contributed by atoms with E-state index < -0.39 is 46.6 Å². The Kier molecular flexibility index (Phi) is 28.6. The Balaban J connectivity index is 0. The number of rotatable bonds is 23. The van der Waals surface area contributed by atoms with Crippen LogP contribution in [-0.4, -0.2) is 110 Å². The Morgan fingerprint density at radius 1 is 0.400 bits per heavy atom. The van der Waals surface area contributed by atoms with Crippen molar-refractivity contribution >= 4 is 112 Å². The third-order valence-electron chi connectivity index (χ3n) is 6.07. The lowest BCUT2D eigenvalue weighted by molar-refractivity contribution is -0.163. The van der Waals surface area contributed by atoms with Gasteiger partial charge >= 0.3 is 35.8 Å². The number of hydrogen-bond donors (Lipinski definition) is 6. The van der Waals surface area contributed by atoms with Crippen molar-refractivity contribution in [3.8, 4) is 0 Å². The van der Waals surface area contributed by atoms with Gasteiger partial charge in [0.05, 0.1) is 47.4 Å². The Hall–Kier alpha value is -1.08. The van der Waals surface area contributed by atoms with Crippen LogP contribution in [0.15, 0.2) is 0 Å². The van der Waals surface area contributed by atoms with Crippen LogP contribution in [0.25, 0.3) is 0 Å². The summed E-state index contributed by atoms with van der Waals surface area (Å²) >= 11 is 23.4. The van der Waals surface area contributed by atoms with Gasteiger partial charge in [-0.15, -0.1) is 0 Å². The second-order valence-electron chi connectivity index (χ2n) is 9.57. The van der Waals surface area contributed by atoms with Crippen molar-refractivity contribution in [2.24, 2.45) is 10.8 Å². The maximum atomic E-state index is 11.6. The molecule has 0 atom stereocenters. The summed E-state index contributed by atoms with van der Waals surface area (Å²) in [6, 6.07) is 0. The van der Waals surface area contributed by atoms with Crippen LogP contribution in [0.1, 0.15) is 46.0 Å². The van der Waals surface area contributed by atoms with E-state index in [0.717, 1.165) is 0 Å². The summed E-state index contributed by atoms with van der Waals surface area (Å²) in [4.78, 5) is 68.4. The molecule has 262 valence electrons. The molecule has 12 nitrogen and oxygen atoms in total. The lowest BCUT2D eigenvalue weighted by atomic mass is 9.88. The predicted octanol–water partition coefficient (Wildman–Crippen LogP) is 2.77. The molecule has 0 aromatic heterocycles. The number of esters is 6. The average molecular weight is 755 g/mol. The van der Waals surface area contributed by atoms with Gasteiger partial charge in [-0.2, -0.15) is 75.8 Å². The SMILES string of the molecule is CCC(COC(=O)CCS)(COC(=O)CCS)COC(=O)CCS.CCC(COC(=O)CS)(COC(=O)CS)COC(=O)CS. The van der Waals surface area contributed by atoms with Gasteiger partial charge in [0, 0.05) is 17.3 Å². The molecule has 0 saturated heterocycles. The second-order valence-corrected chi connectivity index (χ2v) is 11.9. The van der Waals surface area contributed by atoms with Crippen molar-refractivity contribution in [1.29, 1.82) is 0 Å². The third kappa shape index (κ3) is 23.0. The number of ether oxygens (including phenoxy) is 6. The standard InChI is InChI=1S/C15H26O6S3.C12H20O6S3/c1-2-15(9-19-12(16)3-6-22,10-20-13(17)4-7-23)11-21-14(18)5-8-24;1-2-12(6-16-9(13)3-19,7-17-10(14)4-20)8-18-11(15)5-21/h22-24H,2-11H2,1H3;19-21H,2-8H2,1H3. The van der Waals surface area contributed by atoms with Crippen LogP contribution >= 0.6 is 75.8 Å². The summed E-state index contributed by atoms with van der Waals surface area (Å²) in [7, 11) is 0. The molecular weight excluding hydrogens is 709 g/mol. The molecule has 0 unspecified atom stereocenters. The first-order valence-electron chi connectivity index (χ1n) is 13.9. The molecule has 0 rings (SSSR count). The van der Waals surface area contributed by atoms with Crippen LogP contribution in [0, 0.1) is 10.8 Å². The van der Waals surface area contributed by atoms with Gasteiger partial charge in [-0.1, -0.05) is 13.8 Å². The van der Waals surface area contributed by atoms with E-state index in [9.17, 15) is 28.8 Å². The Morgan fingerprint density at radius 3 is 0.756 bits per heavy atom. The smallest absolute Gasteiger partial charge is 0.315 e. The highest BCUT2D eigenvalue weighted by Gasteiger charge is 2.35. The summed E-state index contributed by atoms with van der Waals surface area (Å²) in [5, 5.41) is 0. The van der Waals surface area contributed by atoms with E-state index in [-0.39, 0.29) is 76.2 Å².